The molecular formula is C7H15ClN2O. The second-order valence-corrected chi connectivity index (χ2v) is 2.93. The largest absolute Gasteiger partial charge is 0.342 e. The summed E-state index contributed by atoms with van der Waals surface area (Å²) in [5, 5.41) is 0. The molecule has 1 fully saturated rings. The first-order chi connectivity index (χ1) is 4.74. The third-order valence-corrected chi connectivity index (χ3v) is 2.14. The van der Waals surface area contributed by atoms with Gasteiger partial charge in [0.15, 0.2) is 0 Å². The van der Waals surface area contributed by atoms with Gasteiger partial charge in [-0.05, 0) is 14.0 Å². The Labute approximate surface area is 73.8 Å². The molecule has 0 aliphatic carbocycles. The predicted molar refractivity (Wildman–Crippen MR) is 47.0 cm³/mol. The minimum atomic E-state index is 0. The van der Waals surface area contributed by atoms with Gasteiger partial charge in [0.25, 0.3) is 0 Å². The monoisotopic (exact) mass is 178 g/mol. The molecule has 0 aromatic rings. The van der Waals surface area contributed by atoms with E-state index in [0.29, 0.717) is 6.04 Å². The van der Waals surface area contributed by atoms with E-state index in [0.717, 1.165) is 26.0 Å². The summed E-state index contributed by atoms with van der Waals surface area (Å²) in [6.45, 7) is 4.89. The lowest BCUT2D eigenvalue weighted by Crippen LogP contribution is -2.49. The van der Waals surface area contributed by atoms with Gasteiger partial charge in [0.1, 0.15) is 0 Å². The molecule has 0 saturated carbocycles. The topological polar surface area (TPSA) is 23.6 Å². The molecule has 1 rings (SSSR count). The van der Waals surface area contributed by atoms with E-state index >= 15 is 0 Å². The highest BCUT2D eigenvalue weighted by Crippen LogP contribution is 2.03. The molecule has 11 heavy (non-hydrogen) atoms. The van der Waals surface area contributed by atoms with Crippen molar-refractivity contribution in [2.45, 2.75) is 13.0 Å². The molecule has 4 heteroatoms. The Bertz CT molecular complexity index is 132. The van der Waals surface area contributed by atoms with E-state index in [1.807, 2.05) is 4.90 Å². The van der Waals surface area contributed by atoms with Crippen LogP contribution in [0.5, 0.6) is 0 Å². The number of halogens is 1. The molecule has 3 nitrogen and oxygen atoms in total. The molecule has 1 heterocycles. The van der Waals surface area contributed by atoms with Gasteiger partial charge >= 0.3 is 0 Å². The third kappa shape index (κ3) is 2.67. The number of carbonyl (C=O) groups excluding carboxylic acids is 1. The van der Waals surface area contributed by atoms with Crippen molar-refractivity contribution < 1.29 is 4.79 Å². The molecule has 0 aromatic carbocycles. The van der Waals surface area contributed by atoms with Crippen molar-refractivity contribution in [3.63, 3.8) is 0 Å². The summed E-state index contributed by atoms with van der Waals surface area (Å²) in [7, 11) is 2.09. The Morgan fingerprint density at radius 2 is 2.09 bits per heavy atom. The van der Waals surface area contributed by atoms with Crippen LogP contribution in [0.15, 0.2) is 0 Å². The lowest BCUT2D eigenvalue weighted by atomic mass is 10.2. The molecule has 0 spiro atoms. The van der Waals surface area contributed by atoms with Crippen molar-refractivity contribution in [1.82, 2.24) is 9.80 Å². The fraction of sp³-hybridized carbons (Fsp3) is 0.857. The van der Waals surface area contributed by atoms with Crippen molar-refractivity contribution in [3.05, 3.63) is 0 Å². The molecular weight excluding hydrogens is 164 g/mol. The highest BCUT2D eigenvalue weighted by Gasteiger charge is 2.18. The maximum absolute atomic E-state index is 10.3. The highest BCUT2D eigenvalue weighted by atomic mass is 35.5. The second kappa shape index (κ2) is 4.57. The average Bonchev–Trinajstić information content (AvgIpc) is 1.95. The van der Waals surface area contributed by atoms with Gasteiger partial charge < -0.3 is 9.80 Å². The van der Waals surface area contributed by atoms with E-state index in [-0.39, 0.29) is 12.4 Å². The zero-order chi connectivity index (χ0) is 7.56. The van der Waals surface area contributed by atoms with Crippen LogP contribution in [0, 0.1) is 0 Å². The number of hydrogen-bond donors (Lipinski definition) is 0. The van der Waals surface area contributed by atoms with Crippen molar-refractivity contribution >= 4 is 18.8 Å². The van der Waals surface area contributed by atoms with Gasteiger partial charge in [0, 0.05) is 25.7 Å². The van der Waals surface area contributed by atoms with Gasteiger partial charge in [-0.15, -0.1) is 12.4 Å². The van der Waals surface area contributed by atoms with Crippen LogP contribution >= 0.6 is 12.4 Å². The molecule has 0 radical (unpaired) electrons. The van der Waals surface area contributed by atoms with Crippen LogP contribution in [0.3, 0.4) is 0 Å². The highest BCUT2D eigenvalue weighted by molar-refractivity contribution is 5.85. The van der Waals surface area contributed by atoms with Crippen LogP contribution in [0.2, 0.25) is 0 Å². The number of amides is 1. The van der Waals surface area contributed by atoms with E-state index in [1.165, 1.54) is 0 Å². The van der Waals surface area contributed by atoms with Crippen molar-refractivity contribution in [2.75, 3.05) is 26.7 Å². The van der Waals surface area contributed by atoms with E-state index in [2.05, 4.69) is 18.9 Å². The van der Waals surface area contributed by atoms with Gasteiger partial charge in [-0.2, -0.15) is 0 Å². The number of nitrogens with zero attached hydrogens (tertiary/aromatic N) is 2. The minimum absolute atomic E-state index is 0. The second-order valence-electron chi connectivity index (χ2n) is 2.93. The Morgan fingerprint density at radius 1 is 1.45 bits per heavy atom. The van der Waals surface area contributed by atoms with Gasteiger partial charge in [-0.3, -0.25) is 4.79 Å². The van der Waals surface area contributed by atoms with E-state index < -0.39 is 0 Å². The average molecular weight is 179 g/mol. The first-order valence-electron chi connectivity index (χ1n) is 3.63. The maximum Gasteiger partial charge on any atom is 0.209 e. The maximum atomic E-state index is 10.3. The molecule has 0 bridgehead atoms. The summed E-state index contributed by atoms with van der Waals surface area (Å²) in [5.41, 5.74) is 0. The minimum Gasteiger partial charge on any atom is -0.342 e. The van der Waals surface area contributed by atoms with Crippen LogP contribution in [0.1, 0.15) is 6.92 Å². The van der Waals surface area contributed by atoms with E-state index in [9.17, 15) is 4.79 Å². The summed E-state index contributed by atoms with van der Waals surface area (Å²) < 4.78 is 0. The van der Waals surface area contributed by atoms with Crippen LogP contribution in [0.25, 0.3) is 0 Å². The van der Waals surface area contributed by atoms with Gasteiger partial charge in [0.2, 0.25) is 6.41 Å². The number of rotatable bonds is 1. The summed E-state index contributed by atoms with van der Waals surface area (Å²) in [6, 6.07) is 0.513. The quantitative estimate of drug-likeness (QED) is 0.536. The normalized spacial score (nSPS) is 26.0. The molecule has 0 unspecified atom stereocenters. The Kier molecular flexibility index (Phi) is 4.45. The van der Waals surface area contributed by atoms with Crippen molar-refractivity contribution in [2.24, 2.45) is 0 Å². The lowest BCUT2D eigenvalue weighted by Gasteiger charge is -2.35. The SMILES string of the molecule is C[C@@H]1CN(C=O)CCN1C.Cl. The van der Waals surface area contributed by atoms with Crippen molar-refractivity contribution in [1.29, 1.82) is 0 Å². The summed E-state index contributed by atoms with van der Waals surface area (Å²) in [6.07, 6.45) is 0.934. The van der Waals surface area contributed by atoms with Crippen LogP contribution in [0.4, 0.5) is 0 Å². The Morgan fingerprint density at radius 3 is 2.55 bits per heavy atom. The molecule has 0 N–H and O–H groups in total. The first-order valence-corrected chi connectivity index (χ1v) is 3.63. The van der Waals surface area contributed by atoms with Crippen LogP contribution < -0.4 is 0 Å². The van der Waals surface area contributed by atoms with Gasteiger partial charge in [-0.25, -0.2) is 0 Å². The first kappa shape index (κ1) is 10.7. The number of carbonyl (C=O) groups is 1. The molecule has 1 aliphatic heterocycles. The zero-order valence-corrected chi connectivity index (χ0v) is 7.80. The Balaban J connectivity index is 0.000001000. The molecule has 1 atom stereocenters. The fourth-order valence-electron chi connectivity index (χ4n) is 1.17. The molecule has 1 saturated heterocycles. The van der Waals surface area contributed by atoms with E-state index in [1.54, 1.807) is 0 Å². The Hall–Kier alpha value is -0.280. The standard InChI is InChI=1S/C7H14N2O.ClH/c1-7-5-9(6-10)4-3-8(7)2;/h6-7H,3-5H2,1-2H3;1H/t7-;/m1./s1. The van der Waals surface area contributed by atoms with E-state index in [4.69, 9.17) is 0 Å². The molecule has 1 aliphatic rings. The number of hydrogen-bond acceptors (Lipinski definition) is 2. The predicted octanol–water partition coefficient (Wildman–Crippen LogP) is 0.200. The third-order valence-electron chi connectivity index (χ3n) is 2.14. The lowest BCUT2D eigenvalue weighted by molar-refractivity contribution is -0.120. The number of likely N-dealkylation sites (N-methyl/N-ethyl adjacent to an activating group) is 1. The number of piperazine rings is 1. The van der Waals surface area contributed by atoms with Gasteiger partial charge in [-0.1, -0.05) is 0 Å². The summed E-state index contributed by atoms with van der Waals surface area (Å²) in [4.78, 5) is 14.4. The molecule has 0 aromatic heterocycles. The van der Waals surface area contributed by atoms with Gasteiger partial charge in [0.05, 0.1) is 0 Å². The molecule has 66 valence electrons. The van der Waals surface area contributed by atoms with Crippen LogP contribution in [-0.2, 0) is 4.79 Å². The molecule has 1 amide bonds. The van der Waals surface area contributed by atoms with Crippen molar-refractivity contribution in [3.8, 4) is 0 Å². The summed E-state index contributed by atoms with van der Waals surface area (Å²) >= 11 is 0. The fourth-order valence-corrected chi connectivity index (χ4v) is 1.17. The van der Waals surface area contributed by atoms with Crippen LogP contribution in [-0.4, -0.2) is 48.9 Å². The zero-order valence-electron chi connectivity index (χ0n) is 6.99. The summed E-state index contributed by atoms with van der Waals surface area (Å²) in [5.74, 6) is 0. The smallest absolute Gasteiger partial charge is 0.209 e.